The molecule has 0 saturated heterocycles. The second-order valence-electron chi connectivity index (χ2n) is 2.60. The molecule has 1 rings (SSSR count). The van der Waals surface area contributed by atoms with E-state index in [9.17, 15) is 18.0 Å². The van der Waals surface area contributed by atoms with Crippen LogP contribution in [0.4, 0.5) is 13.2 Å². The molecule has 0 aromatic heterocycles. The second-order valence-corrected chi connectivity index (χ2v) is 3.04. The van der Waals surface area contributed by atoms with Crippen molar-refractivity contribution in [2.75, 3.05) is 0 Å². The van der Waals surface area contributed by atoms with Gasteiger partial charge in [-0.25, -0.2) is 18.0 Å². The maximum absolute atomic E-state index is 13.0. The van der Waals surface area contributed by atoms with Gasteiger partial charge in [0.2, 0.25) is 0 Å². The van der Waals surface area contributed by atoms with E-state index in [1.165, 1.54) is 0 Å². The SMILES string of the molecule is Cc1c(F)c(F)c(C(=O)O)c(S)c1F. The second kappa shape index (κ2) is 3.53. The van der Waals surface area contributed by atoms with Gasteiger partial charge in [0.15, 0.2) is 11.6 Å². The van der Waals surface area contributed by atoms with Gasteiger partial charge >= 0.3 is 5.97 Å². The highest BCUT2D eigenvalue weighted by Gasteiger charge is 2.24. The topological polar surface area (TPSA) is 37.3 Å². The number of aromatic carboxylic acids is 1. The minimum Gasteiger partial charge on any atom is -0.478 e. The summed E-state index contributed by atoms with van der Waals surface area (Å²) in [4.78, 5) is 9.74. The van der Waals surface area contributed by atoms with E-state index in [-0.39, 0.29) is 0 Å². The zero-order valence-electron chi connectivity index (χ0n) is 6.94. The van der Waals surface area contributed by atoms with Gasteiger partial charge in [-0.1, -0.05) is 0 Å². The number of carboxylic acid groups (broad SMARTS) is 1. The Kier molecular flexibility index (Phi) is 2.75. The fraction of sp³-hybridized carbons (Fsp3) is 0.125. The normalized spacial score (nSPS) is 10.4. The molecule has 0 heterocycles. The van der Waals surface area contributed by atoms with Crippen LogP contribution in [0, 0.1) is 24.4 Å². The number of carboxylic acids is 1. The van der Waals surface area contributed by atoms with Crippen LogP contribution in [0.3, 0.4) is 0 Å². The minimum absolute atomic E-state index is 0.586. The Hall–Kier alpha value is -1.17. The smallest absolute Gasteiger partial charge is 0.340 e. The van der Waals surface area contributed by atoms with E-state index < -0.39 is 39.4 Å². The van der Waals surface area contributed by atoms with E-state index in [1.807, 2.05) is 0 Å². The standard InChI is InChI=1S/C8H5F3O2S/c1-2-4(9)6(11)3(8(12)13)7(14)5(2)10/h14H,1H3,(H,12,13). The van der Waals surface area contributed by atoms with Gasteiger partial charge in [-0.05, 0) is 6.92 Å². The number of hydrogen-bond donors (Lipinski definition) is 2. The third kappa shape index (κ3) is 1.45. The molecular weight excluding hydrogens is 217 g/mol. The minimum atomic E-state index is -1.76. The summed E-state index contributed by atoms with van der Waals surface area (Å²) in [6, 6.07) is 0. The average Bonchev–Trinajstić information content (AvgIpc) is 2.11. The molecule has 0 fully saturated rings. The van der Waals surface area contributed by atoms with Crippen LogP contribution in [0.15, 0.2) is 4.90 Å². The van der Waals surface area contributed by atoms with Crippen LogP contribution >= 0.6 is 12.6 Å². The number of halogens is 3. The van der Waals surface area contributed by atoms with Gasteiger partial charge in [0.25, 0.3) is 0 Å². The summed E-state index contributed by atoms with van der Waals surface area (Å²) in [6.45, 7) is 0.999. The molecule has 0 saturated carbocycles. The van der Waals surface area contributed by atoms with Crippen LogP contribution in [-0.2, 0) is 0 Å². The first-order chi connectivity index (χ1) is 6.37. The molecule has 1 N–H and O–H groups in total. The Morgan fingerprint density at radius 2 is 1.71 bits per heavy atom. The number of thiol groups is 1. The van der Waals surface area contributed by atoms with Crippen molar-refractivity contribution in [3.05, 3.63) is 28.6 Å². The molecule has 76 valence electrons. The number of rotatable bonds is 1. The first kappa shape index (κ1) is 10.9. The molecule has 0 unspecified atom stereocenters. The van der Waals surface area contributed by atoms with Crippen LogP contribution in [0.1, 0.15) is 15.9 Å². The third-order valence-electron chi connectivity index (χ3n) is 1.73. The van der Waals surface area contributed by atoms with Gasteiger partial charge in [0.05, 0.1) is 4.90 Å². The third-order valence-corrected chi connectivity index (χ3v) is 2.15. The lowest BCUT2D eigenvalue weighted by atomic mass is 10.1. The molecule has 0 aliphatic carbocycles. The quantitative estimate of drug-likeness (QED) is 0.565. The largest absolute Gasteiger partial charge is 0.478 e. The summed E-state index contributed by atoms with van der Waals surface area (Å²) in [5.74, 6) is -6.02. The molecule has 6 heteroatoms. The van der Waals surface area contributed by atoms with Crippen molar-refractivity contribution in [3.8, 4) is 0 Å². The van der Waals surface area contributed by atoms with E-state index in [4.69, 9.17) is 5.11 Å². The molecule has 0 spiro atoms. The fourth-order valence-electron chi connectivity index (χ4n) is 0.957. The van der Waals surface area contributed by atoms with Gasteiger partial charge in [-0.15, -0.1) is 12.6 Å². The monoisotopic (exact) mass is 222 g/mol. The molecule has 1 aromatic carbocycles. The van der Waals surface area contributed by atoms with Crippen molar-refractivity contribution in [1.29, 1.82) is 0 Å². The van der Waals surface area contributed by atoms with Crippen molar-refractivity contribution in [2.24, 2.45) is 0 Å². The van der Waals surface area contributed by atoms with Crippen LogP contribution in [-0.4, -0.2) is 11.1 Å². The highest BCUT2D eigenvalue weighted by Crippen LogP contribution is 2.27. The molecule has 0 bridgehead atoms. The summed E-state index contributed by atoms with van der Waals surface area (Å²) < 4.78 is 38.9. The van der Waals surface area contributed by atoms with Crippen molar-refractivity contribution in [3.63, 3.8) is 0 Å². The molecule has 0 radical (unpaired) electrons. The van der Waals surface area contributed by atoms with Gasteiger partial charge in [0, 0.05) is 5.56 Å². The lowest BCUT2D eigenvalue weighted by Crippen LogP contribution is -2.08. The highest BCUT2D eigenvalue weighted by atomic mass is 32.1. The predicted octanol–water partition coefficient (Wildman–Crippen LogP) is 2.40. The predicted molar refractivity (Wildman–Crippen MR) is 45.3 cm³/mol. The highest BCUT2D eigenvalue weighted by molar-refractivity contribution is 7.80. The van der Waals surface area contributed by atoms with E-state index in [1.54, 1.807) is 0 Å². The number of hydrogen-bond acceptors (Lipinski definition) is 2. The molecule has 0 amide bonds. The van der Waals surface area contributed by atoms with Crippen LogP contribution in [0.2, 0.25) is 0 Å². The molecular formula is C8H5F3O2S. The maximum atomic E-state index is 13.0. The maximum Gasteiger partial charge on any atom is 0.340 e. The van der Waals surface area contributed by atoms with Gasteiger partial charge in [-0.2, -0.15) is 0 Å². The van der Waals surface area contributed by atoms with Crippen LogP contribution < -0.4 is 0 Å². The Labute approximate surface area is 82.8 Å². The van der Waals surface area contributed by atoms with Gasteiger partial charge < -0.3 is 5.11 Å². The van der Waals surface area contributed by atoms with E-state index >= 15 is 0 Å². The summed E-state index contributed by atoms with van der Waals surface area (Å²) in [5, 5.41) is 8.46. The Bertz CT molecular complexity index is 389. The van der Waals surface area contributed by atoms with Gasteiger partial charge in [-0.3, -0.25) is 0 Å². The van der Waals surface area contributed by atoms with Crippen molar-refractivity contribution in [2.45, 2.75) is 11.8 Å². The molecule has 1 aromatic rings. The average molecular weight is 222 g/mol. The number of carbonyl (C=O) groups is 1. The summed E-state index contributed by atoms with van der Waals surface area (Å²) in [5.41, 5.74) is -1.67. The lowest BCUT2D eigenvalue weighted by molar-refractivity contribution is 0.0685. The Morgan fingerprint density at radius 3 is 2.14 bits per heavy atom. The van der Waals surface area contributed by atoms with E-state index in [2.05, 4.69) is 12.6 Å². The first-order valence-corrected chi connectivity index (χ1v) is 3.92. The molecule has 2 nitrogen and oxygen atoms in total. The summed E-state index contributed by atoms with van der Waals surface area (Å²) in [6.07, 6.45) is 0. The Balaban J connectivity index is 3.68. The van der Waals surface area contributed by atoms with Crippen molar-refractivity contribution >= 4 is 18.6 Å². The van der Waals surface area contributed by atoms with E-state index in [0.29, 0.717) is 0 Å². The zero-order chi connectivity index (χ0) is 11.0. The first-order valence-electron chi connectivity index (χ1n) is 3.47. The van der Waals surface area contributed by atoms with Crippen molar-refractivity contribution < 1.29 is 23.1 Å². The Morgan fingerprint density at radius 1 is 1.21 bits per heavy atom. The number of benzene rings is 1. The fourth-order valence-corrected chi connectivity index (χ4v) is 1.32. The van der Waals surface area contributed by atoms with Crippen LogP contribution in [0.25, 0.3) is 0 Å². The summed E-state index contributed by atoms with van der Waals surface area (Å²) >= 11 is 3.47. The molecule has 14 heavy (non-hydrogen) atoms. The lowest BCUT2D eigenvalue weighted by Gasteiger charge is -2.07. The van der Waals surface area contributed by atoms with Gasteiger partial charge in [0.1, 0.15) is 11.4 Å². The molecule has 0 atom stereocenters. The van der Waals surface area contributed by atoms with Crippen LogP contribution in [0.5, 0.6) is 0 Å². The molecule has 0 aliphatic heterocycles. The van der Waals surface area contributed by atoms with Crippen molar-refractivity contribution in [1.82, 2.24) is 0 Å². The zero-order valence-corrected chi connectivity index (χ0v) is 7.83. The molecule has 0 aliphatic rings. The van der Waals surface area contributed by atoms with E-state index in [0.717, 1.165) is 6.92 Å². The summed E-state index contributed by atoms with van der Waals surface area (Å²) in [7, 11) is 0.